The van der Waals surface area contributed by atoms with Crippen LogP contribution < -0.4 is 10.6 Å². The number of piperidine rings is 1. The molecule has 0 amide bonds. The average Bonchev–Trinajstić information content (AvgIpc) is 3.17. The minimum atomic E-state index is 0. The number of hydrogen-bond acceptors (Lipinski definition) is 4. The average molecular weight is 554 g/mol. The zero-order chi connectivity index (χ0) is 20.9. The van der Waals surface area contributed by atoms with Gasteiger partial charge in [-0.15, -0.1) is 34.2 Å². The van der Waals surface area contributed by atoms with Crippen LogP contribution in [0.3, 0.4) is 0 Å². The van der Waals surface area contributed by atoms with E-state index in [4.69, 9.17) is 11.6 Å². The number of nitrogens with one attached hydrogen (secondary N) is 2. The molecule has 4 rings (SSSR count). The first-order valence-corrected chi connectivity index (χ1v) is 10.7. The molecule has 2 N–H and O–H groups in total. The molecule has 7 nitrogen and oxygen atoms in total. The molecule has 1 fully saturated rings. The van der Waals surface area contributed by atoms with Gasteiger partial charge in [0.1, 0.15) is 0 Å². The maximum Gasteiger partial charge on any atom is 0.191 e. The van der Waals surface area contributed by atoms with Gasteiger partial charge in [-0.3, -0.25) is 14.3 Å². The van der Waals surface area contributed by atoms with Crippen molar-refractivity contribution in [3.63, 3.8) is 0 Å². The van der Waals surface area contributed by atoms with Crippen molar-refractivity contribution in [2.75, 3.05) is 27.2 Å². The van der Waals surface area contributed by atoms with Crippen molar-refractivity contribution in [2.24, 2.45) is 10.9 Å². The Balaban J connectivity index is 0.00000272. The Bertz CT molecular complexity index is 1020. The van der Waals surface area contributed by atoms with Gasteiger partial charge in [0, 0.05) is 30.9 Å². The van der Waals surface area contributed by atoms with E-state index in [1.54, 1.807) is 7.05 Å². The van der Waals surface area contributed by atoms with Crippen LogP contribution in [0.25, 0.3) is 5.65 Å². The lowest BCUT2D eigenvalue weighted by molar-refractivity contribution is 0.122. The number of likely N-dealkylation sites (tertiary alicyclic amines) is 1. The van der Waals surface area contributed by atoms with Crippen molar-refractivity contribution in [1.82, 2.24) is 30.1 Å². The zero-order valence-corrected chi connectivity index (χ0v) is 20.9. The highest BCUT2D eigenvalue weighted by Gasteiger charge is 2.30. The number of fused-ring (bicyclic) bond motifs is 1. The smallest absolute Gasteiger partial charge is 0.191 e. The Morgan fingerprint density at radius 3 is 2.87 bits per heavy atom. The quantitative estimate of drug-likeness (QED) is 0.286. The fourth-order valence-electron chi connectivity index (χ4n) is 4.31. The molecule has 1 aromatic carbocycles. The van der Waals surface area contributed by atoms with Crippen LogP contribution in [0.4, 0.5) is 0 Å². The molecule has 0 aliphatic carbocycles. The second-order valence-corrected chi connectivity index (χ2v) is 8.17. The number of rotatable bonds is 5. The third-order valence-corrected chi connectivity index (χ3v) is 5.99. The van der Waals surface area contributed by atoms with Crippen molar-refractivity contribution in [3.8, 4) is 0 Å². The number of aliphatic imine (C=N–C) groups is 1. The summed E-state index contributed by atoms with van der Waals surface area (Å²) in [5, 5.41) is 16.1. The maximum absolute atomic E-state index is 6.26. The molecule has 2 atom stereocenters. The highest BCUT2D eigenvalue weighted by atomic mass is 127. The van der Waals surface area contributed by atoms with Crippen LogP contribution in [-0.2, 0) is 6.54 Å². The molecule has 0 spiro atoms. The van der Waals surface area contributed by atoms with Crippen LogP contribution in [0, 0.1) is 5.92 Å². The topological polar surface area (TPSA) is 69.8 Å². The molecule has 2 aromatic heterocycles. The van der Waals surface area contributed by atoms with Crippen molar-refractivity contribution >= 4 is 47.2 Å². The number of halogens is 2. The molecular weight excluding hydrogens is 525 g/mol. The predicted molar refractivity (Wildman–Crippen MR) is 136 cm³/mol. The molecule has 2 unspecified atom stereocenters. The second-order valence-electron chi connectivity index (χ2n) is 7.73. The molecule has 3 heterocycles. The molecule has 0 bridgehead atoms. The van der Waals surface area contributed by atoms with Gasteiger partial charge in [0.15, 0.2) is 17.4 Å². The first-order chi connectivity index (χ1) is 14.7. The summed E-state index contributed by atoms with van der Waals surface area (Å²) in [4.78, 5) is 6.82. The van der Waals surface area contributed by atoms with Crippen molar-refractivity contribution in [1.29, 1.82) is 0 Å². The van der Waals surface area contributed by atoms with E-state index < -0.39 is 0 Å². The molecule has 0 saturated carbocycles. The van der Waals surface area contributed by atoms with Gasteiger partial charge < -0.3 is 10.6 Å². The van der Waals surface area contributed by atoms with Crippen molar-refractivity contribution in [2.45, 2.75) is 25.4 Å². The Morgan fingerprint density at radius 2 is 2.06 bits per heavy atom. The summed E-state index contributed by atoms with van der Waals surface area (Å²) in [7, 11) is 3.99. The molecule has 166 valence electrons. The lowest BCUT2D eigenvalue weighted by Crippen LogP contribution is -2.45. The second kappa shape index (κ2) is 11.1. The van der Waals surface area contributed by atoms with Gasteiger partial charge in [-0.05, 0) is 62.2 Å². The Kier molecular flexibility index (Phi) is 8.50. The van der Waals surface area contributed by atoms with Crippen LogP contribution in [0.1, 0.15) is 30.3 Å². The summed E-state index contributed by atoms with van der Waals surface area (Å²) in [5.74, 6) is 2.08. The molecule has 31 heavy (non-hydrogen) atoms. The van der Waals surface area contributed by atoms with E-state index in [0.717, 1.165) is 35.5 Å². The monoisotopic (exact) mass is 553 g/mol. The van der Waals surface area contributed by atoms with Crippen molar-refractivity contribution < 1.29 is 0 Å². The molecule has 0 radical (unpaired) electrons. The van der Waals surface area contributed by atoms with E-state index >= 15 is 0 Å². The lowest BCUT2D eigenvalue weighted by atomic mass is 9.85. The third-order valence-electron chi connectivity index (χ3n) is 5.75. The number of pyridine rings is 1. The Morgan fingerprint density at radius 1 is 1.19 bits per heavy atom. The largest absolute Gasteiger partial charge is 0.356 e. The number of nitrogens with zero attached hydrogens (tertiary/aromatic N) is 5. The molecule has 9 heteroatoms. The van der Waals surface area contributed by atoms with E-state index in [0.29, 0.717) is 18.5 Å². The first kappa shape index (κ1) is 23.7. The fourth-order valence-corrected chi connectivity index (χ4v) is 4.51. The fraction of sp³-hybridized carbons (Fsp3) is 0.409. The van der Waals surface area contributed by atoms with Crippen LogP contribution in [0.2, 0.25) is 5.02 Å². The molecular formula is C22H29ClIN7. The van der Waals surface area contributed by atoms with E-state index in [1.807, 2.05) is 40.9 Å². The van der Waals surface area contributed by atoms with Crippen LogP contribution in [-0.4, -0.2) is 52.6 Å². The predicted octanol–water partition coefficient (Wildman–Crippen LogP) is 3.75. The summed E-state index contributed by atoms with van der Waals surface area (Å²) in [6, 6.07) is 14.4. The molecule has 3 aromatic rings. The van der Waals surface area contributed by atoms with Crippen LogP contribution in [0.15, 0.2) is 53.7 Å². The zero-order valence-electron chi connectivity index (χ0n) is 17.8. The number of aromatic nitrogens is 3. The minimum absolute atomic E-state index is 0. The molecule has 1 aliphatic rings. The summed E-state index contributed by atoms with van der Waals surface area (Å²) < 4.78 is 1.98. The summed E-state index contributed by atoms with van der Waals surface area (Å²) in [6.07, 6.45) is 4.33. The highest BCUT2D eigenvalue weighted by Crippen LogP contribution is 2.35. The van der Waals surface area contributed by atoms with E-state index in [9.17, 15) is 0 Å². The van der Waals surface area contributed by atoms with Crippen LogP contribution >= 0.6 is 35.6 Å². The number of benzene rings is 1. The van der Waals surface area contributed by atoms with E-state index in [1.165, 1.54) is 18.4 Å². The number of guanidine groups is 1. The van der Waals surface area contributed by atoms with Gasteiger partial charge in [0.05, 0.1) is 6.54 Å². The van der Waals surface area contributed by atoms with E-state index in [-0.39, 0.29) is 24.0 Å². The van der Waals surface area contributed by atoms with Gasteiger partial charge in [-0.1, -0.05) is 29.8 Å². The van der Waals surface area contributed by atoms with Gasteiger partial charge in [0.2, 0.25) is 0 Å². The number of hydrogen-bond donors (Lipinski definition) is 2. The van der Waals surface area contributed by atoms with Gasteiger partial charge >= 0.3 is 0 Å². The highest BCUT2D eigenvalue weighted by molar-refractivity contribution is 14.0. The Labute approximate surface area is 205 Å². The summed E-state index contributed by atoms with van der Waals surface area (Å²) >= 11 is 6.26. The molecule has 1 saturated heterocycles. The van der Waals surface area contributed by atoms with Crippen molar-refractivity contribution in [3.05, 3.63) is 65.1 Å². The maximum atomic E-state index is 6.26. The van der Waals surface area contributed by atoms with Gasteiger partial charge in [-0.2, -0.15) is 0 Å². The standard InChI is InChI=1S/C22H28ClN7.HI/c1-24-22(26-15-20-28-27-19-10-3-4-12-30(19)20)25-14-17-8-6-11-29(2)21(17)16-7-5-9-18(23)13-16;/h3-5,7,9-10,12-13,17,21H,6,8,11,14-15H2,1-2H3,(H2,24,25,26);1H. The Hall–Kier alpha value is -1.91. The minimum Gasteiger partial charge on any atom is -0.356 e. The lowest BCUT2D eigenvalue weighted by Gasteiger charge is -2.40. The van der Waals surface area contributed by atoms with Gasteiger partial charge in [0.25, 0.3) is 0 Å². The summed E-state index contributed by atoms with van der Waals surface area (Å²) in [5.41, 5.74) is 2.11. The first-order valence-electron chi connectivity index (χ1n) is 10.3. The third kappa shape index (κ3) is 5.67. The van der Waals surface area contributed by atoms with Gasteiger partial charge in [-0.25, -0.2) is 0 Å². The van der Waals surface area contributed by atoms with Crippen LogP contribution in [0.5, 0.6) is 0 Å². The summed E-state index contributed by atoms with van der Waals surface area (Å²) in [6.45, 7) is 2.48. The molecule has 1 aliphatic heterocycles. The SMILES string of the molecule is CN=C(NCc1nnc2ccccn12)NCC1CCCN(C)C1c1cccc(Cl)c1.I. The van der Waals surface area contributed by atoms with E-state index in [2.05, 4.69) is 49.9 Å². The normalized spacial score (nSPS) is 19.8.